The summed E-state index contributed by atoms with van der Waals surface area (Å²) in [5.41, 5.74) is -0.219. The van der Waals surface area contributed by atoms with E-state index in [-0.39, 0.29) is 35.4 Å². The van der Waals surface area contributed by atoms with Gasteiger partial charge in [-0.05, 0) is 74.2 Å². The van der Waals surface area contributed by atoms with Crippen molar-refractivity contribution in [2.45, 2.75) is 63.9 Å². The van der Waals surface area contributed by atoms with Gasteiger partial charge in [0.15, 0.2) is 5.78 Å². The molecular formula is C22H28O4. The number of carbonyl (C=O) groups is 2. The van der Waals surface area contributed by atoms with Crippen molar-refractivity contribution < 1.29 is 19.8 Å². The summed E-state index contributed by atoms with van der Waals surface area (Å²) in [6, 6.07) is 0. The molecule has 0 bridgehead atoms. The first-order chi connectivity index (χ1) is 12.3. The fraction of sp³-hybridized carbons (Fsp3) is 0.727. The van der Waals surface area contributed by atoms with E-state index >= 15 is 0 Å². The second kappa shape index (κ2) is 5.96. The lowest BCUT2D eigenvalue weighted by molar-refractivity contribution is -0.142. The summed E-state index contributed by atoms with van der Waals surface area (Å²) in [5, 5.41) is 20.6. The molecule has 4 heteroatoms. The molecule has 1 unspecified atom stereocenters. The third-order valence-corrected chi connectivity index (χ3v) is 8.30. The molecule has 0 heterocycles. The van der Waals surface area contributed by atoms with Gasteiger partial charge in [0.1, 0.15) is 5.60 Å². The zero-order valence-electron chi connectivity index (χ0n) is 15.4. The van der Waals surface area contributed by atoms with E-state index in [9.17, 15) is 19.8 Å². The molecule has 4 aliphatic carbocycles. The standard InChI is InChI=1S/C22H28O4/c1-3-22(26)9-7-18-20-14(12-19(24)25)10-13-11-15(23)4-5-16(13)17(20)6-8-21(18,22)2/h1,11,14,16-18,20,26H,4-10,12H2,2H3,(H,24,25)/t14?,16-,17+,18-,20+,21-,22-/m0/s1. The van der Waals surface area contributed by atoms with Crippen molar-refractivity contribution in [3.8, 4) is 12.3 Å². The lowest BCUT2D eigenvalue weighted by Gasteiger charge is -2.57. The maximum absolute atomic E-state index is 11.9. The lowest BCUT2D eigenvalue weighted by atomic mass is 9.48. The predicted octanol–water partition coefficient (Wildman–Crippen LogP) is 3.19. The molecule has 7 atom stereocenters. The molecule has 0 amide bonds. The minimum absolute atomic E-state index is 0.0376. The number of aliphatic hydroxyl groups is 1. The van der Waals surface area contributed by atoms with Gasteiger partial charge in [0.2, 0.25) is 0 Å². The number of allylic oxidation sites excluding steroid dienone is 1. The molecule has 0 saturated heterocycles. The Morgan fingerprint density at radius 1 is 1.35 bits per heavy atom. The Balaban J connectivity index is 1.73. The second-order valence-corrected chi connectivity index (χ2v) is 9.24. The number of ketones is 1. The molecule has 0 aromatic heterocycles. The smallest absolute Gasteiger partial charge is 0.303 e. The minimum atomic E-state index is -1.07. The Kier molecular flexibility index (Phi) is 4.08. The number of carboxylic acids is 1. The lowest BCUT2D eigenvalue weighted by Crippen LogP contribution is -2.54. The van der Waals surface area contributed by atoms with Crippen LogP contribution in [0, 0.1) is 47.3 Å². The van der Waals surface area contributed by atoms with Crippen LogP contribution in [0.25, 0.3) is 0 Å². The maximum Gasteiger partial charge on any atom is 0.303 e. The van der Waals surface area contributed by atoms with E-state index in [1.807, 2.05) is 0 Å². The molecule has 0 radical (unpaired) electrons. The van der Waals surface area contributed by atoms with Gasteiger partial charge in [-0.3, -0.25) is 9.59 Å². The van der Waals surface area contributed by atoms with E-state index in [0.29, 0.717) is 31.1 Å². The van der Waals surface area contributed by atoms with E-state index in [1.165, 1.54) is 5.57 Å². The van der Waals surface area contributed by atoms with Crippen LogP contribution < -0.4 is 0 Å². The number of carbonyl (C=O) groups excluding carboxylic acids is 1. The molecule has 3 saturated carbocycles. The third kappa shape index (κ3) is 2.40. The Hall–Kier alpha value is -1.60. The predicted molar refractivity (Wildman–Crippen MR) is 97.0 cm³/mol. The van der Waals surface area contributed by atoms with Crippen LogP contribution in [0.1, 0.15) is 58.3 Å². The Morgan fingerprint density at radius 2 is 2.12 bits per heavy atom. The first kappa shape index (κ1) is 17.8. The van der Waals surface area contributed by atoms with Crippen LogP contribution in [0.3, 0.4) is 0 Å². The average Bonchev–Trinajstić information content (AvgIpc) is 2.86. The zero-order chi connectivity index (χ0) is 18.7. The summed E-state index contributed by atoms with van der Waals surface area (Å²) in [6.45, 7) is 2.12. The molecule has 3 fully saturated rings. The number of rotatable bonds is 2. The molecule has 4 rings (SSSR count). The van der Waals surface area contributed by atoms with Crippen LogP contribution in [0.15, 0.2) is 11.6 Å². The van der Waals surface area contributed by atoms with Crippen molar-refractivity contribution in [2.24, 2.45) is 35.0 Å². The molecule has 0 aromatic carbocycles. The molecule has 2 N–H and O–H groups in total. The van der Waals surface area contributed by atoms with Gasteiger partial charge >= 0.3 is 5.97 Å². The Morgan fingerprint density at radius 3 is 2.81 bits per heavy atom. The highest BCUT2D eigenvalue weighted by atomic mass is 16.4. The first-order valence-electron chi connectivity index (χ1n) is 9.94. The van der Waals surface area contributed by atoms with Crippen LogP contribution in [-0.4, -0.2) is 27.6 Å². The largest absolute Gasteiger partial charge is 0.481 e. The first-order valence-corrected chi connectivity index (χ1v) is 9.94. The number of fused-ring (bicyclic) bond motifs is 5. The fourth-order valence-electron chi connectivity index (χ4n) is 7.07. The van der Waals surface area contributed by atoms with Crippen molar-refractivity contribution in [3.05, 3.63) is 11.6 Å². The topological polar surface area (TPSA) is 74.6 Å². The molecule has 140 valence electrons. The van der Waals surface area contributed by atoms with Crippen LogP contribution in [0.4, 0.5) is 0 Å². The minimum Gasteiger partial charge on any atom is -0.481 e. The van der Waals surface area contributed by atoms with Gasteiger partial charge in [-0.1, -0.05) is 18.4 Å². The summed E-state index contributed by atoms with van der Waals surface area (Å²) < 4.78 is 0. The SMILES string of the molecule is C#C[C@]1(O)CC[C@H]2[C@@H]3C(CC(=O)O)CC4=CC(=O)CC[C@@H]4[C@H]3CC[C@@]21C. The van der Waals surface area contributed by atoms with Gasteiger partial charge in [-0.15, -0.1) is 6.42 Å². The van der Waals surface area contributed by atoms with Gasteiger partial charge in [0.05, 0.1) is 0 Å². The molecule has 4 aliphatic rings. The van der Waals surface area contributed by atoms with Crippen LogP contribution in [0.5, 0.6) is 0 Å². The summed E-state index contributed by atoms with van der Waals surface area (Å²) in [7, 11) is 0. The molecule has 4 nitrogen and oxygen atoms in total. The van der Waals surface area contributed by atoms with Crippen molar-refractivity contribution in [1.82, 2.24) is 0 Å². The normalized spacial score (nSPS) is 47.2. The number of carboxylic acid groups (broad SMARTS) is 1. The zero-order valence-corrected chi connectivity index (χ0v) is 15.4. The van der Waals surface area contributed by atoms with Crippen molar-refractivity contribution in [3.63, 3.8) is 0 Å². The van der Waals surface area contributed by atoms with Gasteiger partial charge in [-0.2, -0.15) is 0 Å². The van der Waals surface area contributed by atoms with Crippen molar-refractivity contribution in [2.75, 3.05) is 0 Å². The van der Waals surface area contributed by atoms with Gasteiger partial charge in [-0.25, -0.2) is 0 Å². The third-order valence-electron chi connectivity index (χ3n) is 8.30. The number of terminal acetylenes is 1. The highest BCUT2D eigenvalue weighted by molar-refractivity contribution is 5.91. The van der Waals surface area contributed by atoms with Gasteiger partial charge in [0.25, 0.3) is 0 Å². The quantitative estimate of drug-likeness (QED) is 0.745. The molecule has 26 heavy (non-hydrogen) atoms. The van der Waals surface area contributed by atoms with Gasteiger partial charge in [0, 0.05) is 18.3 Å². The highest BCUT2D eigenvalue weighted by Crippen LogP contribution is 2.66. The molecule has 0 aromatic rings. The summed E-state index contributed by atoms with van der Waals surface area (Å²) in [5.74, 6) is 3.51. The van der Waals surface area contributed by atoms with E-state index in [4.69, 9.17) is 6.42 Å². The summed E-state index contributed by atoms with van der Waals surface area (Å²) >= 11 is 0. The Labute approximate surface area is 155 Å². The van der Waals surface area contributed by atoms with E-state index in [2.05, 4.69) is 12.8 Å². The van der Waals surface area contributed by atoms with Crippen LogP contribution in [-0.2, 0) is 9.59 Å². The van der Waals surface area contributed by atoms with Crippen molar-refractivity contribution >= 4 is 11.8 Å². The molecular weight excluding hydrogens is 328 g/mol. The Bertz CT molecular complexity index is 716. The van der Waals surface area contributed by atoms with Crippen molar-refractivity contribution in [1.29, 1.82) is 0 Å². The second-order valence-electron chi connectivity index (χ2n) is 9.24. The van der Waals surface area contributed by atoms with E-state index in [1.54, 1.807) is 6.08 Å². The molecule has 0 aliphatic heterocycles. The fourth-order valence-corrected chi connectivity index (χ4v) is 7.07. The van der Waals surface area contributed by atoms with Crippen LogP contribution in [0.2, 0.25) is 0 Å². The van der Waals surface area contributed by atoms with Gasteiger partial charge < -0.3 is 10.2 Å². The summed E-state index contributed by atoms with van der Waals surface area (Å²) in [4.78, 5) is 23.5. The number of hydrogen-bond donors (Lipinski definition) is 2. The highest BCUT2D eigenvalue weighted by Gasteiger charge is 2.63. The van der Waals surface area contributed by atoms with Crippen LogP contribution >= 0.6 is 0 Å². The summed E-state index contributed by atoms with van der Waals surface area (Å²) in [6.07, 6.45) is 13.2. The van der Waals surface area contributed by atoms with E-state index < -0.39 is 11.6 Å². The molecule has 0 spiro atoms. The number of hydrogen-bond acceptors (Lipinski definition) is 3. The number of aliphatic carboxylic acids is 1. The average molecular weight is 356 g/mol. The van der Waals surface area contributed by atoms with E-state index in [0.717, 1.165) is 25.7 Å². The maximum atomic E-state index is 11.9. The monoisotopic (exact) mass is 356 g/mol.